The molecule has 20 heavy (non-hydrogen) atoms. The molecule has 1 atom stereocenters. The summed E-state index contributed by atoms with van der Waals surface area (Å²) in [5.41, 5.74) is 8.34. The standard InChI is InChI=1S/C17H27NO2/c1-3-8-20-17-7-6-15(10-16(17)9-13(2)18)12-19-11-14-4-5-14/h6-7,10,13-14H,3-5,8-9,11-12,18H2,1-2H3. The number of nitrogens with two attached hydrogens (primary N) is 1. The number of benzene rings is 1. The van der Waals surface area contributed by atoms with Gasteiger partial charge in [-0.3, -0.25) is 0 Å². The predicted octanol–water partition coefficient (Wildman–Crippen LogP) is 3.29. The number of hydrogen-bond donors (Lipinski definition) is 1. The zero-order chi connectivity index (χ0) is 14.4. The maximum Gasteiger partial charge on any atom is 0.122 e. The SMILES string of the molecule is CCCOc1ccc(COCC2CC2)cc1CC(C)N. The molecule has 0 saturated heterocycles. The molecular formula is C17H27NO2. The maximum absolute atomic E-state index is 5.93. The largest absolute Gasteiger partial charge is 0.493 e. The number of rotatable bonds is 9. The molecule has 1 aromatic rings. The summed E-state index contributed by atoms with van der Waals surface area (Å²) in [5, 5.41) is 0. The van der Waals surface area contributed by atoms with Crippen LogP contribution in [0.1, 0.15) is 44.2 Å². The van der Waals surface area contributed by atoms with E-state index in [1.54, 1.807) is 0 Å². The summed E-state index contributed by atoms with van der Waals surface area (Å²) in [7, 11) is 0. The van der Waals surface area contributed by atoms with Gasteiger partial charge in [0.2, 0.25) is 0 Å². The van der Waals surface area contributed by atoms with E-state index in [9.17, 15) is 0 Å². The van der Waals surface area contributed by atoms with Gasteiger partial charge < -0.3 is 15.2 Å². The molecule has 0 aromatic heterocycles. The highest BCUT2D eigenvalue weighted by Gasteiger charge is 2.21. The minimum Gasteiger partial charge on any atom is -0.493 e. The first-order valence-electron chi connectivity index (χ1n) is 7.77. The minimum atomic E-state index is 0.140. The van der Waals surface area contributed by atoms with E-state index in [1.807, 2.05) is 6.92 Å². The van der Waals surface area contributed by atoms with Gasteiger partial charge in [-0.25, -0.2) is 0 Å². The van der Waals surface area contributed by atoms with Crippen molar-refractivity contribution in [1.82, 2.24) is 0 Å². The van der Waals surface area contributed by atoms with Gasteiger partial charge in [0.1, 0.15) is 5.75 Å². The van der Waals surface area contributed by atoms with Crippen molar-refractivity contribution < 1.29 is 9.47 Å². The Morgan fingerprint density at radius 2 is 2.15 bits per heavy atom. The molecule has 2 N–H and O–H groups in total. The molecule has 0 spiro atoms. The van der Waals surface area contributed by atoms with E-state index in [0.29, 0.717) is 6.61 Å². The fourth-order valence-corrected chi connectivity index (χ4v) is 2.21. The zero-order valence-electron chi connectivity index (χ0n) is 12.7. The summed E-state index contributed by atoms with van der Waals surface area (Å²) in [5.74, 6) is 1.78. The Morgan fingerprint density at radius 1 is 1.35 bits per heavy atom. The zero-order valence-corrected chi connectivity index (χ0v) is 12.7. The molecule has 1 aromatic carbocycles. The monoisotopic (exact) mass is 277 g/mol. The summed E-state index contributed by atoms with van der Waals surface area (Å²) in [6.45, 7) is 6.49. The van der Waals surface area contributed by atoms with Crippen LogP contribution in [0, 0.1) is 5.92 Å². The van der Waals surface area contributed by atoms with Crippen LogP contribution in [0.4, 0.5) is 0 Å². The molecule has 1 saturated carbocycles. The van der Waals surface area contributed by atoms with Gasteiger partial charge in [0.25, 0.3) is 0 Å². The fourth-order valence-electron chi connectivity index (χ4n) is 2.21. The van der Waals surface area contributed by atoms with Gasteiger partial charge in [-0.05, 0) is 61.8 Å². The molecule has 0 radical (unpaired) electrons. The first kappa shape index (κ1) is 15.3. The van der Waals surface area contributed by atoms with Crippen molar-refractivity contribution in [3.63, 3.8) is 0 Å². The second kappa shape index (κ2) is 7.65. The Balaban J connectivity index is 1.97. The molecule has 1 aliphatic rings. The smallest absolute Gasteiger partial charge is 0.122 e. The Kier molecular flexibility index (Phi) is 5.86. The van der Waals surface area contributed by atoms with E-state index < -0.39 is 0 Å². The van der Waals surface area contributed by atoms with Crippen LogP contribution in [0.25, 0.3) is 0 Å². The van der Waals surface area contributed by atoms with Crippen LogP contribution in [0.5, 0.6) is 5.75 Å². The van der Waals surface area contributed by atoms with E-state index >= 15 is 0 Å². The van der Waals surface area contributed by atoms with Gasteiger partial charge >= 0.3 is 0 Å². The van der Waals surface area contributed by atoms with Crippen LogP contribution in [0.15, 0.2) is 18.2 Å². The second-order valence-corrected chi connectivity index (χ2v) is 5.93. The Morgan fingerprint density at radius 3 is 2.80 bits per heavy atom. The van der Waals surface area contributed by atoms with Crippen molar-refractivity contribution in [3.8, 4) is 5.75 Å². The lowest BCUT2D eigenvalue weighted by Gasteiger charge is -2.14. The van der Waals surface area contributed by atoms with Gasteiger partial charge in [-0.15, -0.1) is 0 Å². The lowest BCUT2D eigenvalue weighted by molar-refractivity contribution is 0.111. The van der Waals surface area contributed by atoms with E-state index in [1.165, 1.54) is 24.0 Å². The predicted molar refractivity (Wildman–Crippen MR) is 82.0 cm³/mol. The third-order valence-corrected chi connectivity index (χ3v) is 3.45. The molecule has 1 fully saturated rings. The van der Waals surface area contributed by atoms with Gasteiger partial charge in [-0.1, -0.05) is 13.0 Å². The van der Waals surface area contributed by atoms with Crippen LogP contribution < -0.4 is 10.5 Å². The maximum atomic E-state index is 5.93. The average molecular weight is 277 g/mol. The van der Waals surface area contributed by atoms with E-state index in [2.05, 4.69) is 25.1 Å². The van der Waals surface area contributed by atoms with Crippen LogP contribution in [0.3, 0.4) is 0 Å². The van der Waals surface area contributed by atoms with Crippen molar-refractivity contribution in [2.75, 3.05) is 13.2 Å². The summed E-state index contributed by atoms with van der Waals surface area (Å²) >= 11 is 0. The molecule has 2 rings (SSSR count). The van der Waals surface area contributed by atoms with Crippen LogP contribution >= 0.6 is 0 Å². The second-order valence-electron chi connectivity index (χ2n) is 5.93. The molecule has 112 valence electrons. The first-order valence-corrected chi connectivity index (χ1v) is 7.77. The highest BCUT2D eigenvalue weighted by molar-refractivity contribution is 5.37. The Hall–Kier alpha value is -1.06. The highest BCUT2D eigenvalue weighted by atomic mass is 16.5. The molecule has 1 unspecified atom stereocenters. The molecule has 1 aliphatic carbocycles. The highest BCUT2D eigenvalue weighted by Crippen LogP contribution is 2.29. The molecule has 0 heterocycles. The summed E-state index contributed by atoms with van der Waals surface area (Å²) < 4.78 is 11.6. The summed E-state index contributed by atoms with van der Waals surface area (Å²) in [6.07, 6.45) is 4.53. The quantitative estimate of drug-likeness (QED) is 0.753. The van der Waals surface area contributed by atoms with Crippen LogP contribution in [-0.4, -0.2) is 19.3 Å². The average Bonchev–Trinajstić information content (AvgIpc) is 3.21. The lowest BCUT2D eigenvalue weighted by Crippen LogP contribution is -2.18. The van der Waals surface area contributed by atoms with Crippen molar-refractivity contribution in [2.45, 2.75) is 52.2 Å². The molecule has 3 heteroatoms. The molecule has 0 bridgehead atoms. The number of hydrogen-bond acceptors (Lipinski definition) is 3. The fraction of sp³-hybridized carbons (Fsp3) is 0.647. The third kappa shape index (κ3) is 5.14. The normalized spacial score (nSPS) is 16.1. The van der Waals surface area contributed by atoms with Crippen molar-refractivity contribution in [1.29, 1.82) is 0 Å². The minimum absolute atomic E-state index is 0.140. The lowest BCUT2D eigenvalue weighted by atomic mass is 10.0. The summed E-state index contributed by atoms with van der Waals surface area (Å²) in [6, 6.07) is 6.48. The third-order valence-electron chi connectivity index (χ3n) is 3.45. The Bertz CT molecular complexity index is 413. The van der Waals surface area contributed by atoms with Crippen molar-refractivity contribution in [3.05, 3.63) is 29.3 Å². The van der Waals surface area contributed by atoms with Crippen molar-refractivity contribution >= 4 is 0 Å². The number of ether oxygens (including phenoxy) is 2. The molecular weight excluding hydrogens is 250 g/mol. The van der Waals surface area contributed by atoms with Gasteiger partial charge in [0.05, 0.1) is 13.2 Å². The topological polar surface area (TPSA) is 44.5 Å². The van der Waals surface area contributed by atoms with E-state index in [4.69, 9.17) is 15.2 Å². The van der Waals surface area contributed by atoms with Gasteiger partial charge in [-0.2, -0.15) is 0 Å². The van der Waals surface area contributed by atoms with Crippen LogP contribution in [-0.2, 0) is 17.8 Å². The van der Waals surface area contributed by atoms with E-state index in [-0.39, 0.29) is 6.04 Å². The molecule has 0 aliphatic heterocycles. The van der Waals surface area contributed by atoms with Crippen LogP contribution in [0.2, 0.25) is 0 Å². The van der Waals surface area contributed by atoms with Crippen molar-refractivity contribution in [2.24, 2.45) is 11.7 Å². The van der Waals surface area contributed by atoms with E-state index in [0.717, 1.165) is 37.7 Å². The van der Waals surface area contributed by atoms with Gasteiger partial charge in [0.15, 0.2) is 0 Å². The summed E-state index contributed by atoms with van der Waals surface area (Å²) in [4.78, 5) is 0. The Labute approximate surface area is 122 Å². The van der Waals surface area contributed by atoms with Gasteiger partial charge in [0, 0.05) is 12.6 Å². The molecule has 0 amide bonds. The first-order chi connectivity index (χ1) is 9.69. The molecule has 3 nitrogen and oxygen atoms in total.